The predicted octanol–water partition coefficient (Wildman–Crippen LogP) is 11.7. The van der Waals surface area contributed by atoms with Gasteiger partial charge in [-0.05, 0) is 19.4 Å². The molecule has 0 amide bonds. The molecule has 0 aromatic heterocycles. The molecule has 5 nitrogen and oxygen atoms in total. The van der Waals surface area contributed by atoms with E-state index in [4.69, 9.17) is 4.74 Å². The van der Waals surface area contributed by atoms with Crippen LogP contribution in [0.15, 0.2) is 0 Å². The Morgan fingerprint density at radius 1 is 0.488 bits per heavy atom. The number of ether oxygens (including phenoxy) is 1. The van der Waals surface area contributed by atoms with Crippen LogP contribution in [0.1, 0.15) is 213 Å². The van der Waals surface area contributed by atoms with Crippen LogP contribution in [0.25, 0.3) is 0 Å². The maximum atomic E-state index is 12.2. The molecule has 256 valence electrons. The minimum Gasteiger partial charge on any atom is -0.480 e. The average molecular weight is 610 g/mol. The van der Waals surface area contributed by atoms with E-state index >= 15 is 0 Å². The molecule has 0 aliphatic rings. The van der Waals surface area contributed by atoms with E-state index in [0.29, 0.717) is 13.2 Å². The van der Waals surface area contributed by atoms with Crippen molar-refractivity contribution in [1.29, 1.82) is 0 Å². The lowest BCUT2D eigenvalue weighted by Gasteiger charge is -2.14. The number of nitrogens with one attached hydrogen (secondary N) is 1. The number of carbonyl (C=O) groups excluding carboxylic acids is 1. The van der Waals surface area contributed by atoms with Crippen molar-refractivity contribution in [3.05, 3.63) is 0 Å². The zero-order valence-electron chi connectivity index (χ0n) is 29.1. The van der Waals surface area contributed by atoms with Crippen LogP contribution in [-0.2, 0) is 14.3 Å². The molecule has 0 rings (SSSR count). The van der Waals surface area contributed by atoms with Gasteiger partial charge in [-0.15, -0.1) is 0 Å². The lowest BCUT2D eigenvalue weighted by Crippen LogP contribution is -2.39. The van der Waals surface area contributed by atoms with Crippen LogP contribution in [0, 0.1) is 0 Å². The Bertz CT molecular complexity index is 582. The fraction of sp³-hybridized carbons (Fsp3) is 0.947. The van der Waals surface area contributed by atoms with E-state index < -0.39 is 18.0 Å². The van der Waals surface area contributed by atoms with E-state index in [0.717, 1.165) is 25.7 Å². The molecule has 0 saturated carbocycles. The van der Waals surface area contributed by atoms with E-state index in [2.05, 4.69) is 19.2 Å². The quantitative estimate of drug-likeness (QED) is 0.0546. The fourth-order valence-corrected chi connectivity index (χ4v) is 5.90. The molecule has 0 bridgehead atoms. The highest BCUT2D eigenvalue weighted by atomic mass is 16.5. The van der Waals surface area contributed by atoms with Gasteiger partial charge in [0.2, 0.25) is 0 Å². The number of aliphatic carboxylic acids is 1. The largest absolute Gasteiger partial charge is 0.480 e. The first kappa shape index (κ1) is 41.9. The van der Waals surface area contributed by atoms with E-state index in [1.54, 1.807) is 0 Å². The van der Waals surface area contributed by atoms with Crippen LogP contribution in [-0.4, -0.2) is 36.2 Å². The van der Waals surface area contributed by atoms with Crippen molar-refractivity contribution in [1.82, 2.24) is 5.32 Å². The zero-order valence-corrected chi connectivity index (χ0v) is 29.1. The third kappa shape index (κ3) is 33.6. The van der Waals surface area contributed by atoms with Crippen molar-refractivity contribution < 1.29 is 19.4 Å². The van der Waals surface area contributed by atoms with E-state index in [1.807, 2.05) is 0 Å². The molecule has 0 heterocycles. The topological polar surface area (TPSA) is 75.6 Å². The molecule has 0 saturated heterocycles. The number of carbonyl (C=O) groups is 2. The summed E-state index contributed by atoms with van der Waals surface area (Å²) in [7, 11) is 0. The molecule has 0 radical (unpaired) electrons. The summed E-state index contributed by atoms with van der Waals surface area (Å²) in [5.41, 5.74) is 0. The average Bonchev–Trinajstić information content (AvgIpc) is 3.00. The predicted molar refractivity (Wildman–Crippen MR) is 185 cm³/mol. The molecule has 0 aliphatic heterocycles. The molecule has 1 atom stereocenters. The highest BCUT2D eigenvalue weighted by Gasteiger charge is 2.21. The number of hydrogen-bond acceptors (Lipinski definition) is 4. The Labute approximate surface area is 268 Å². The van der Waals surface area contributed by atoms with Gasteiger partial charge >= 0.3 is 11.9 Å². The van der Waals surface area contributed by atoms with Gasteiger partial charge in [0.15, 0.2) is 0 Å². The zero-order chi connectivity index (χ0) is 31.5. The Morgan fingerprint density at radius 3 is 1.12 bits per heavy atom. The van der Waals surface area contributed by atoms with Crippen LogP contribution in [0.3, 0.4) is 0 Å². The number of carboxylic acids is 1. The van der Waals surface area contributed by atoms with E-state index in [9.17, 15) is 14.7 Å². The number of rotatable bonds is 36. The molecular weight excluding hydrogens is 534 g/mol. The van der Waals surface area contributed by atoms with E-state index in [-0.39, 0.29) is 6.42 Å². The maximum Gasteiger partial charge on any atom is 0.321 e. The lowest BCUT2D eigenvalue weighted by atomic mass is 10.0. The summed E-state index contributed by atoms with van der Waals surface area (Å²) >= 11 is 0. The fourth-order valence-electron chi connectivity index (χ4n) is 5.90. The maximum absolute atomic E-state index is 12.2. The minimum absolute atomic E-state index is 0.0905. The summed E-state index contributed by atoms with van der Waals surface area (Å²) in [5.74, 6) is -1.37. The van der Waals surface area contributed by atoms with Gasteiger partial charge in [0.1, 0.15) is 6.04 Å². The monoisotopic (exact) mass is 610 g/mol. The number of esters is 1. The second kappa shape index (κ2) is 35.4. The van der Waals surface area contributed by atoms with Gasteiger partial charge in [-0.1, -0.05) is 194 Å². The normalized spacial score (nSPS) is 12.0. The molecule has 0 fully saturated rings. The van der Waals surface area contributed by atoms with Crippen LogP contribution >= 0.6 is 0 Å². The van der Waals surface area contributed by atoms with Gasteiger partial charge < -0.3 is 15.2 Å². The highest BCUT2D eigenvalue weighted by Crippen LogP contribution is 2.15. The Morgan fingerprint density at radius 2 is 0.791 bits per heavy atom. The van der Waals surface area contributed by atoms with Crippen molar-refractivity contribution in [3.8, 4) is 0 Å². The smallest absolute Gasteiger partial charge is 0.321 e. The van der Waals surface area contributed by atoms with Crippen LogP contribution < -0.4 is 5.32 Å². The van der Waals surface area contributed by atoms with Crippen molar-refractivity contribution >= 4 is 11.9 Å². The van der Waals surface area contributed by atoms with Crippen LogP contribution in [0.5, 0.6) is 0 Å². The standard InChI is InChI=1S/C38H75NO4/c1-3-5-7-9-11-13-15-17-19-20-22-24-26-28-30-32-34-43-37(40)35-36(38(41)42)39-33-31-29-27-25-23-21-18-16-14-12-10-8-6-4-2/h36,39H,3-35H2,1-2H3,(H,41,42). The van der Waals surface area contributed by atoms with Crippen molar-refractivity contribution in [3.63, 3.8) is 0 Å². The van der Waals surface area contributed by atoms with E-state index in [1.165, 1.54) is 167 Å². The lowest BCUT2D eigenvalue weighted by molar-refractivity contribution is -0.149. The molecular formula is C38H75NO4. The molecule has 1 unspecified atom stereocenters. The van der Waals surface area contributed by atoms with Gasteiger partial charge in [-0.25, -0.2) is 0 Å². The molecule has 43 heavy (non-hydrogen) atoms. The minimum atomic E-state index is -0.968. The first-order chi connectivity index (χ1) is 21.1. The first-order valence-electron chi connectivity index (χ1n) is 19.2. The molecule has 0 aromatic carbocycles. The van der Waals surface area contributed by atoms with Crippen LogP contribution in [0.2, 0.25) is 0 Å². The summed E-state index contributed by atoms with van der Waals surface area (Å²) in [6.45, 7) is 5.59. The molecule has 5 heteroatoms. The van der Waals surface area contributed by atoms with Gasteiger partial charge in [0, 0.05) is 0 Å². The van der Waals surface area contributed by atoms with Gasteiger partial charge in [0.25, 0.3) is 0 Å². The Kier molecular flexibility index (Phi) is 34.5. The summed E-state index contributed by atoms with van der Waals surface area (Å²) in [4.78, 5) is 23.7. The second-order valence-electron chi connectivity index (χ2n) is 13.2. The van der Waals surface area contributed by atoms with Crippen molar-refractivity contribution in [2.75, 3.05) is 13.2 Å². The van der Waals surface area contributed by atoms with Crippen molar-refractivity contribution in [2.45, 2.75) is 219 Å². The van der Waals surface area contributed by atoms with Gasteiger partial charge in [-0.2, -0.15) is 0 Å². The molecule has 2 N–H and O–H groups in total. The first-order valence-corrected chi connectivity index (χ1v) is 19.2. The molecule has 0 aromatic rings. The summed E-state index contributed by atoms with van der Waals surface area (Å²) < 4.78 is 5.33. The third-order valence-corrected chi connectivity index (χ3v) is 8.85. The molecule has 0 aliphatic carbocycles. The summed E-state index contributed by atoms with van der Waals surface area (Å²) in [6, 6.07) is -0.847. The summed E-state index contributed by atoms with van der Waals surface area (Å²) in [6.07, 6.45) is 39.2. The van der Waals surface area contributed by atoms with Crippen LogP contribution in [0.4, 0.5) is 0 Å². The number of carboxylic acid groups (broad SMARTS) is 1. The SMILES string of the molecule is CCCCCCCCCCCCCCCCCCOC(=O)CC(NCCCCCCCCCCCCCCCC)C(=O)O. The second-order valence-corrected chi connectivity index (χ2v) is 13.2. The van der Waals surface area contributed by atoms with Crippen molar-refractivity contribution in [2.24, 2.45) is 0 Å². The molecule has 0 spiro atoms. The number of hydrogen-bond donors (Lipinski definition) is 2. The Hall–Kier alpha value is -1.10. The highest BCUT2D eigenvalue weighted by molar-refractivity contribution is 5.81. The Balaban J connectivity index is 3.49. The number of unbranched alkanes of at least 4 members (excludes halogenated alkanes) is 28. The van der Waals surface area contributed by atoms with Gasteiger partial charge in [-0.3, -0.25) is 9.59 Å². The van der Waals surface area contributed by atoms with Gasteiger partial charge in [0.05, 0.1) is 13.0 Å². The third-order valence-electron chi connectivity index (χ3n) is 8.85. The summed E-state index contributed by atoms with van der Waals surface area (Å²) in [5, 5.41) is 12.5.